The summed E-state index contributed by atoms with van der Waals surface area (Å²) in [5.74, 6) is 1.32. The number of benzene rings is 2. The first-order valence-electron chi connectivity index (χ1n) is 10.6. The zero-order valence-electron chi connectivity index (χ0n) is 18.0. The molecule has 2 fully saturated rings. The second-order valence-electron chi connectivity index (χ2n) is 8.82. The number of fused-ring (bicyclic) bond motifs is 1. The zero-order chi connectivity index (χ0) is 20.0. The number of aryl methyl sites for hydroxylation is 2. The lowest BCUT2D eigenvalue weighted by Crippen LogP contribution is -2.33. The van der Waals surface area contributed by atoms with Gasteiger partial charge >= 0.3 is 0 Å². The Labute approximate surface area is 195 Å². The molecule has 7 heteroatoms. The Hall–Kier alpha value is -2.08. The normalized spacial score (nSPS) is 18.8. The number of hydrogen-bond acceptors (Lipinski definition) is 3. The summed E-state index contributed by atoms with van der Waals surface area (Å²) >= 11 is 0. The van der Waals surface area contributed by atoms with Crippen LogP contribution in [0, 0.1) is 25.2 Å². The van der Waals surface area contributed by atoms with Crippen molar-refractivity contribution < 1.29 is 4.79 Å². The number of nitrogens with one attached hydrogen (secondary N) is 3. The summed E-state index contributed by atoms with van der Waals surface area (Å²) in [6, 6.07) is 12.6. The number of halogens is 2. The Morgan fingerprint density at radius 1 is 1.10 bits per heavy atom. The van der Waals surface area contributed by atoms with Gasteiger partial charge in [-0.15, -0.1) is 24.8 Å². The fourth-order valence-corrected chi connectivity index (χ4v) is 4.69. The molecule has 166 valence electrons. The number of piperidine rings is 1. The summed E-state index contributed by atoms with van der Waals surface area (Å²) in [5.41, 5.74) is 7.04. The number of imidazole rings is 1. The minimum atomic E-state index is 0. The van der Waals surface area contributed by atoms with E-state index in [9.17, 15) is 4.79 Å². The van der Waals surface area contributed by atoms with Crippen LogP contribution in [-0.4, -0.2) is 29.0 Å². The summed E-state index contributed by atoms with van der Waals surface area (Å²) in [6.45, 7) is 6.91. The highest BCUT2D eigenvalue weighted by Crippen LogP contribution is 2.58. The average Bonchev–Trinajstić information content (AvgIpc) is 3.26. The molecule has 2 aliphatic rings. The molecule has 1 atom stereocenters. The highest BCUT2D eigenvalue weighted by molar-refractivity contribution is 5.86. The van der Waals surface area contributed by atoms with Crippen LogP contribution in [-0.2, 0) is 11.3 Å². The number of aromatic nitrogens is 2. The summed E-state index contributed by atoms with van der Waals surface area (Å²) in [7, 11) is 0. The van der Waals surface area contributed by atoms with Gasteiger partial charge in [-0.25, -0.2) is 4.98 Å². The number of carbonyl (C=O) groups is 1. The summed E-state index contributed by atoms with van der Waals surface area (Å²) in [6.07, 6.45) is 3.33. The monoisotopic (exact) mass is 460 g/mol. The van der Waals surface area contributed by atoms with Gasteiger partial charge in [-0.05, 0) is 80.4 Å². The van der Waals surface area contributed by atoms with Crippen molar-refractivity contribution in [1.82, 2.24) is 20.6 Å². The maximum atomic E-state index is 12.5. The number of hydrogen-bond donors (Lipinski definition) is 3. The van der Waals surface area contributed by atoms with Crippen molar-refractivity contribution >= 4 is 41.8 Å². The minimum absolute atomic E-state index is 0. The smallest absolute Gasteiger partial charge is 0.223 e. The van der Waals surface area contributed by atoms with Crippen molar-refractivity contribution in [3.8, 4) is 11.4 Å². The van der Waals surface area contributed by atoms with Crippen molar-refractivity contribution in [2.45, 2.75) is 39.7 Å². The fraction of sp³-hybridized carbons (Fsp3) is 0.417. The van der Waals surface area contributed by atoms with Gasteiger partial charge in [-0.3, -0.25) is 4.79 Å². The molecule has 3 N–H and O–H groups in total. The highest BCUT2D eigenvalue weighted by atomic mass is 35.5. The third-order valence-electron chi connectivity index (χ3n) is 6.90. The average molecular weight is 461 g/mol. The second kappa shape index (κ2) is 9.19. The number of nitrogens with zero attached hydrogens (tertiary/aromatic N) is 1. The molecule has 2 aromatic carbocycles. The van der Waals surface area contributed by atoms with Crippen LogP contribution in [0.4, 0.5) is 0 Å². The third-order valence-corrected chi connectivity index (χ3v) is 6.90. The van der Waals surface area contributed by atoms with Crippen molar-refractivity contribution in [2.24, 2.45) is 11.3 Å². The largest absolute Gasteiger partial charge is 0.352 e. The lowest BCUT2D eigenvalue weighted by atomic mass is 9.92. The molecule has 5 nitrogen and oxygen atoms in total. The van der Waals surface area contributed by atoms with Crippen LogP contribution >= 0.6 is 24.8 Å². The van der Waals surface area contributed by atoms with E-state index in [0.29, 0.717) is 6.54 Å². The van der Waals surface area contributed by atoms with Crippen LogP contribution in [0.3, 0.4) is 0 Å². The predicted molar refractivity (Wildman–Crippen MR) is 130 cm³/mol. The van der Waals surface area contributed by atoms with E-state index in [1.807, 2.05) is 0 Å². The zero-order valence-corrected chi connectivity index (χ0v) is 19.6. The molecule has 0 radical (unpaired) electrons. The summed E-state index contributed by atoms with van der Waals surface area (Å²) < 4.78 is 0. The Morgan fingerprint density at radius 2 is 1.77 bits per heavy atom. The van der Waals surface area contributed by atoms with Crippen molar-refractivity contribution in [1.29, 1.82) is 0 Å². The lowest BCUT2D eigenvalue weighted by molar-refractivity contribution is -0.123. The lowest BCUT2D eigenvalue weighted by Gasteiger charge is -2.23. The molecule has 0 bridgehead atoms. The van der Waals surface area contributed by atoms with Crippen LogP contribution < -0.4 is 10.6 Å². The van der Waals surface area contributed by atoms with E-state index >= 15 is 0 Å². The molecule has 1 aliphatic heterocycles. The first-order valence-corrected chi connectivity index (χ1v) is 10.6. The van der Waals surface area contributed by atoms with Crippen molar-refractivity contribution in [3.05, 3.63) is 53.1 Å². The predicted octanol–water partition coefficient (Wildman–Crippen LogP) is 4.70. The molecule has 5 rings (SSSR count). The fourth-order valence-electron chi connectivity index (χ4n) is 4.69. The van der Waals surface area contributed by atoms with E-state index in [0.717, 1.165) is 60.3 Å². The van der Waals surface area contributed by atoms with Crippen molar-refractivity contribution in [2.75, 3.05) is 13.1 Å². The van der Waals surface area contributed by atoms with Gasteiger partial charge in [0.15, 0.2) is 0 Å². The topological polar surface area (TPSA) is 69.8 Å². The molecule has 1 aliphatic carbocycles. The van der Waals surface area contributed by atoms with Gasteiger partial charge in [0, 0.05) is 18.0 Å². The van der Waals surface area contributed by atoms with E-state index in [1.54, 1.807) is 0 Å². The van der Waals surface area contributed by atoms with E-state index in [2.05, 4.69) is 65.9 Å². The molecular weight excluding hydrogens is 431 g/mol. The van der Waals surface area contributed by atoms with E-state index in [4.69, 9.17) is 4.98 Å². The Balaban J connectivity index is 0.00000136. The maximum Gasteiger partial charge on any atom is 0.223 e. The van der Waals surface area contributed by atoms with Gasteiger partial charge in [0.05, 0.1) is 11.0 Å². The number of carbonyl (C=O) groups excluding carboxylic acids is 1. The molecule has 1 unspecified atom stereocenters. The summed E-state index contributed by atoms with van der Waals surface area (Å²) in [4.78, 5) is 20.7. The maximum absolute atomic E-state index is 12.5. The Kier molecular flexibility index (Phi) is 6.99. The van der Waals surface area contributed by atoms with Gasteiger partial charge in [0.25, 0.3) is 0 Å². The first kappa shape index (κ1) is 23.6. The Bertz CT molecular complexity index is 1030. The SMILES string of the molecule is Cc1cc2nc(-c3ccc(CNC(=O)C4CC45CCNCC5)cc3)[nH]c2cc1C.Cl.Cl. The first-order chi connectivity index (χ1) is 14.0. The van der Waals surface area contributed by atoms with Crippen LogP contribution in [0.5, 0.6) is 0 Å². The molecular formula is C24H30Cl2N4O. The van der Waals surface area contributed by atoms with Gasteiger partial charge in [-0.2, -0.15) is 0 Å². The molecule has 1 saturated heterocycles. The number of aromatic amines is 1. The molecule has 31 heavy (non-hydrogen) atoms. The van der Waals surface area contributed by atoms with Crippen LogP contribution in [0.1, 0.15) is 36.0 Å². The van der Waals surface area contributed by atoms with Crippen LogP contribution in [0.25, 0.3) is 22.4 Å². The van der Waals surface area contributed by atoms with Crippen LogP contribution in [0.15, 0.2) is 36.4 Å². The number of amides is 1. The molecule has 1 saturated carbocycles. The van der Waals surface area contributed by atoms with E-state index in [1.165, 1.54) is 11.1 Å². The van der Waals surface area contributed by atoms with Gasteiger partial charge in [0.1, 0.15) is 5.82 Å². The quantitative estimate of drug-likeness (QED) is 0.528. The van der Waals surface area contributed by atoms with Gasteiger partial charge < -0.3 is 15.6 Å². The van der Waals surface area contributed by atoms with E-state index < -0.39 is 0 Å². The minimum Gasteiger partial charge on any atom is -0.352 e. The molecule has 2 heterocycles. The van der Waals surface area contributed by atoms with Crippen LogP contribution in [0.2, 0.25) is 0 Å². The third kappa shape index (κ3) is 4.59. The van der Waals surface area contributed by atoms with Crippen molar-refractivity contribution in [3.63, 3.8) is 0 Å². The molecule has 3 aromatic rings. The molecule has 1 aromatic heterocycles. The highest BCUT2D eigenvalue weighted by Gasteiger charge is 2.57. The molecule has 1 amide bonds. The Morgan fingerprint density at radius 3 is 2.48 bits per heavy atom. The molecule has 1 spiro atoms. The number of rotatable bonds is 4. The number of H-pyrrole nitrogens is 1. The second-order valence-corrected chi connectivity index (χ2v) is 8.82. The summed E-state index contributed by atoms with van der Waals surface area (Å²) in [5, 5.41) is 6.53. The van der Waals surface area contributed by atoms with Gasteiger partial charge in [-0.1, -0.05) is 24.3 Å². The van der Waals surface area contributed by atoms with Gasteiger partial charge in [0.2, 0.25) is 5.91 Å². The van der Waals surface area contributed by atoms with E-state index in [-0.39, 0.29) is 42.1 Å². The standard InChI is InChI=1S/C24H28N4O.2ClH/c1-15-11-20-21(12-16(15)2)28-22(27-20)18-5-3-17(4-6-18)14-26-23(29)19-13-24(19)7-9-25-10-8-24;;/h3-6,11-12,19,25H,7-10,13-14H2,1-2H3,(H,26,29)(H,27,28);2*1H.